The van der Waals surface area contributed by atoms with Crippen molar-refractivity contribution >= 4 is 18.3 Å². The van der Waals surface area contributed by atoms with Crippen LogP contribution in [0.5, 0.6) is 5.75 Å². The molecule has 1 aromatic carbocycles. The second-order valence-electron chi connectivity index (χ2n) is 6.79. The van der Waals surface area contributed by atoms with Gasteiger partial charge in [-0.05, 0) is 61.9 Å². The zero-order valence-corrected chi connectivity index (χ0v) is 15.8. The van der Waals surface area contributed by atoms with E-state index in [-0.39, 0.29) is 24.4 Å². The Morgan fingerprint density at radius 1 is 1.25 bits per heavy atom. The Morgan fingerprint density at radius 2 is 1.88 bits per heavy atom. The van der Waals surface area contributed by atoms with Gasteiger partial charge < -0.3 is 15.4 Å². The van der Waals surface area contributed by atoms with Gasteiger partial charge in [0.2, 0.25) is 5.91 Å². The topological polar surface area (TPSA) is 50.4 Å². The van der Waals surface area contributed by atoms with E-state index in [2.05, 4.69) is 24.5 Å². The van der Waals surface area contributed by atoms with E-state index in [0.29, 0.717) is 18.3 Å². The van der Waals surface area contributed by atoms with Gasteiger partial charge in [-0.15, -0.1) is 12.4 Å². The van der Waals surface area contributed by atoms with Gasteiger partial charge in [0.15, 0.2) is 0 Å². The minimum atomic E-state index is 0. The fourth-order valence-corrected chi connectivity index (χ4v) is 3.20. The van der Waals surface area contributed by atoms with E-state index in [9.17, 15) is 4.79 Å². The molecule has 0 radical (unpaired) electrons. The SMILES string of the molecule is COc1ccc(C(NC(=O)CCC2CCNCC2)C(C)C)cc1.Cl. The summed E-state index contributed by atoms with van der Waals surface area (Å²) in [6, 6.07) is 8.03. The van der Waals surface area contributed by atoms with Crippen molar-refractivity contribution in [2.45, 2.75) is 45.6 Å². The monoisotopic (exact) mass is 354 g/mol. The highest BCUT2D eigenvalue weighted by molar-refractivity contribution is 5.85. The fraction of sp³-hybridized carbons (Fsp3) is 0.632. The van der Waals surface area contributed by atoms with Crippen LogP contribution >= 0.6 is 12.4 Å². The van der Waals surface area contributed by atoms with Crippen molar-refractivity contribution in [2.75, 3.05) is 20.2 Å². The lowest BCUT2D eigenvalue weighted by atomic mass is 9.92. The van der Waals surface area contributed by atoms with Crippen LogP contribution < -0.4 is 15.4 Å². The zero-order chi connectivity index (χ0) is 16.7. The predicted octanol–water partition coefficient (Wildman–Crippen LogP) is 3.71. The highest BCUT2D eigenvalue weighted by Gasteiger charge is 2.20. The van der Waals surface area contributed by atoms with Gasteiger partial charge in [-0.2, -0.15) is 0 Å². The first-order valence-electron chi connectivity index (χ1n) is 8.74. The Balaban J connectivity index is 0.00000288. The Bertz CT molecular complexity index is 485. The van der Waals surface area contributed by atoms with Crippen molar-refractivity contribution in [3.8, 4) is 5.75 Å². The highest BCUT2D eigenvalue weighted by Crippen LogP contribution is 2.24. The van der Waals surface area contributed by atoms with Gasteiger partial charge >= 0.3 is 0 Å². The third-order valence-corrected chi connectivity index (χ3v) is 4.70. The summed E-state index contributed by atoms with van der Waals surface area (Å²) in [6.45, 7) is 6.46. The summed E-state index contributed by atoms with van der Waals surface area (Å²) in [4.78, 5) is 12.3. The van der Waals surface area contributed by atoms with Crippen LogP contribution in [-0.4, -0.2) is 26.1 Å². The van der Waals surface area contributed by atoms with Crippen molar-refractivity contribution in [3.05, 3.63) is 29.8 Å². The number of amides is 1. The van der Waals surface area contributed by atoms with Gasteiger partial charge in [-0.1, -0.05) is 26.0 Å². The molecule has 136 valence electrons. The first kappa shape index (κ1) is 20.8. The molecule has 0 saturated carbocycles. The lowest BCUT2D eigenvalue weighted by Gasteiger charge is -2.25. The molecule has 0 aliphatic carbocycles. The molecule has 4 nitrogen and oxygen atoms in total. The van der Waals surface area contributed by atoms with Crippen LogP contribution in [0.15, 0.2) is 24.3 Å². The number of hydrogen-bond acceptors (Lipinski definition) is 3. The molecule has 0 spiro atoms. The molecule has 1 heterocycles. The molecule has 1 unspecified atom stereocenters. The lowest BCUT2D eigenvalue weighted by molar-refractivity contribution is -0.122. The van der Waals surface area contributed by atoms with Crippen molar-refractivity contribution in [1.29, 1.82) is 0 Å². The fourth-order valence-electron chi connectivity index (χ4n) is 3.20. The first-order valence-corrected chi connectivity index (χ1v) is 8.74. The number of carbonyl (C=O) groups is 1. The van der Waals surface area contributed by atoms with E-state index in [1.54, 1.807) is 7.11 Å². The van der Waals surface area contributed by atoms with Crippen molar-refractivity contribution < 1.29 is 9.53 Å². The average molecular weight is 355 g/mol. The maximum absolute atomic E-state index is 12.3. The number of piperidine rings is 1. The van der Waals surface area contributed by atoms with Gasteiger partial charge in [-0.3, -0.25) is 4.79 Å². The summed E-state index contributed by atoms with van der Waals surface area (Å²) < 4.78 is 5.20. The van der Waals surface area contributed by atoms with Crippen LogP contribution in [-0.2, 0) is 4.79 Å². The molecule has 24 heavy (non-hydrogen) atoms. The molecule has 1 atom stereocenters. The van der Waals surface area contributed by atoms with Crippen LogP contribution in [0.4, 0.5) is 0 Å². The van der Waals surface area contributed by atoms with Crippen LogP contribution in [0.1, 0.15) is 51.1 Å². The normalized spacial score (nSPS) is 16.3. The number of nitrogens with one attached hydrogen (secondary N) is 2. The van der Waals surface area contributed by atoms with Gasteiger partial charge in [0.05, 0.1) is 13.2 Å². The van der Waals surface area contributed by atoms with Crippen molar-refractivity contribution in [3.63, 3.8) is 0 Å². The van der Waals surface area contributed by atoms with Gasteiger partial charge in [0, 0.05) is 6.42 Å². The van der Waals surface area contributed by atoms with Crippen molar-refractivity contribution in [2.24, 2.45) is 11.8 Å². The lowest BCUT2D eigenvalue weighted by Crippen LogP contribution is -2.33. The summed E-state index contributed by atoms with van der Waals surface area (Å²) in [5, 5.41) is 6.58. The number of ether oxygens (including phenoxy) is 1. The molecule has 0 aromatic heterocycles. The van der Waals surface area contributed by atoms with Gasteiger partial charge in [0.25, 0.3) is 0 Å². The zero-order valence-electron chi connectivity index (χ0n) is 15.0. The molecule has 2 N–H and O–H groups in total. The second-order valence-corrected chi connectivity index (χ2v) is 6.79. The minimum absolute atomic E-state index is 0. The summed E-state index contributed by atoms with van der Waals surface area (Å²) >= 11 is 0. The Kier molecular flexibility index (Phi) is 9.16. The van der Waals surface area contributed by atoms with Gasteiger partial charge in [0.1, 0.15) is 5.75 Å². The van der Waals surface area contributed by atoms with E-state index in [0.717, 1.165) is 30.8 Å². The summed E-state index contributed by atoms with van der Waals surface area (Å²) in [7, 11) is 1.66. The Hall–Kier alpha value is -1.26. The summed E-state index contributed by atoms with van der Waals surface area (Å²) in [5.74, 6) is 2.05. The first-order chi connectivity index (χ1) is 11.1. The number of rotatable bonds is 7. The highest BCUT2D eigenvalue weighted by atomic mass is 35.5. The molecule has 1 fully saturated rings. The van der Waals surface area contributed by atoms with E-state index < -0.39 is 0 Å². The van der Waals surface area contributed by atoms with Gasteiger partial charge in [-0.25, -0.2) is 0 Å². The number of hydrogen-bond donors (Lipinski definition) is 2. The van der Waals surface area contributed by atoms with Crippen LogP contribution in [0.2, 0.25) is 0 Å². The Morgan fingerprint density at radius 3 is 2.42 bits per heavy atom. The van der Waals surface area contributed by atoms with Crippen molar-refractivity contribution in [1.82, 2.24) is 10.6 Å². The number of carbonyl (C=O) groups excluding carboxylic acids is 1. The smallest absolute Gasteiger partial charge is 0.220 e. The molecule has 1 aliphatic heterocycles. The molecule has 1 amide bonds. The largest absolute Gasteiger partial charge is 0.497 e. The van der Waals surface area contributed by atoms with E-state index >= 15 is 0 Å². The van der Waals surface area contributed by atoms with E-state index in [1.807, 2.05) is 24.3 Å². The molecular formula is C19H31ClN2O2. The maximum atomic E-state index is 12.3. The molecule has 1 aromatic rings. The third-order valence-electron chi connectivity index (χ3n) is 4.70. The quantitative estimate of drug-likeness (QED) is 0.784. The number of benzene rings is 1. The third kappa shape index (κ3) is 6.33. The maximum Gasteiger partial charge on any atom is 0.220 e. The van der Waals surface area contributed by atoms with Crippen LogP contribution in [0, 0.1) is 11.8 Å². The van der Waals surface area contributed by atoms with Crippen LogP contribution in [0.25, 0.3) is 0 Å². The molecule has 2 rings (SSSR count). The van der Waals surface area contributed by atoms with Crippen LogP contribution in [0.3, 0.4) is 0 Å². The standard InChI is InChI=1S/C19H30N2O2.ClH/c1-14(2)19(16-5-7-17(23-3)8-6-16)21-18(22)9-4-15-10-12-20-13-11-15;/h5-8,14-15,19-20H,4,9-13H2,1-3H3,(H,21,22);1H. The molecule has 5 heteroatoms. The molecule has 1 aliphatic rings. The van der Waals surface area contributed by atoms with E-state index in [4.69, 9.17) is 4.74 Å². The summed E-state index contributed by atoms with van der Waals surface area (Å²) in [6.07, 6.45) is 4.02. The number of methoxy groups -OCH3 is 1. The Labute approximate surface area is 152 Å². The van der Waals surface area contributed by atoms with E-state index in [1.165, 1.54) is 12.8 Å². The second kappa shape index (κ2) is 10.6. The molecular weight excluding hydrogens is 324 g/mol. The summed E-state index contributed by atoms with van der Waals surface area (Å²) in [5.41, 5.74) is 1.14. The average Bonchev–Trinajstić information content (AvgIpc) is 2.58. The predicted molar refractivity (Wildman–Crippen MR) is 101 cm³/mol. The number of halogens is 1. The molecule has 1 saturated heterocycles. The molecule has 0 bridgehead atoms. The minimum Gasteiger partial charge on any atom is -0.497 e.